The summed E-state index contributed by atoms with van der Waals surface area (Å²) in [4.78, 5) is 14.7. The van der Waals surface area contributed by atoms with E-state index in [1.807, 2.05) is 12.1 Å². The Hall–Kier alpha value is -2.58. The predicted molar refractivity (Wildman–Crippen MR) is 112 cm³/mol. The van der Waals surface area contributed by atoms with Crippen LogP contribution >= 0.6 is 0 Å². The van der Waals surface area contributed by atoms with E-state index in [-0.39, 0.29) is 17.3 Å². The van der Waals surface area contributed by atoms with Crippen molar-refractivity contribution in [3.8, 4) is 11.5 Å². The van der Waals surface area contributed by atoms with Gasteiger partial charge in [-0.15, -0.1) is 0 Å². The average Bonchev–Trinajstić information content (AvgIpc) is 2.68. The monoisotopic (exact) mass is 420 g/mol. The second-order valence-corrected chi connectivity index (χ2v) is 9.14. The maximum Gasteiger partial charge on any atom is 0.253 e. The molecule has 0 aliphatic heterocycles. The van der Waals surface area contributed by atoms with Gasteiger partial charge >= 0.3 is 0 Å². The van der Waals surface area contributed by atoms with Gasteiger partial charge in [-0.25, -0.2) is 12.7 Å². The van der Waals surface area contributed by atoms with E-state index in [2.05, 4.69) is 0 Å². The maximum atomic E-state index is 13.1. The van der Waals surface area contributed by atoms with Crippen molar-refractivity contribution in [3.63, 3.8) is 0 Å². The number of methoxy groups -OCH3 is 2. The number of aryl methyl sites for hydroxylation is 1. The highest BCUT2D eigenvalue weighted by molar-refractivity contribution is 7.89. The van der Waals surface area contributed by atoms with Crippen LogP contribution in [0.5, 0.6) is 11.5 Å². The van der Waals surface area contributed by atoms with Gasteiger partial charge in [0.25, 0.3) is 5.91 Å². The molecule has 2 rings (SSSR count). The molecule has 158 valence electrons. The van der Waals surface area contributed by atoms with Gasteiger partial charge < -0.3 is 14.4 Å². The van der Waals surface area contributed by atoms with Crippen LogP contribution in [0.15, 0.2) is 35.2 Å². The molecule has 0 saturated carbocycles. The van der Waals surface area contributed by atoms with Crippen LogP contribution in [-0.2, 0) is 16.6 Å². The molecule has 0 unspecified atom stereocenters. The van der Waals surface area contributed by atoms with E-state index in [4.69, 9.17) is 9.47 Å². The van der Waals surface area contributed by atoms with E-state index in [1.165, 1.54) is 25.1 Å². The molecule has 0 saturated heterocycles. The predicted octanol–water partition coefficient (Wildman–Crippen LogP) is 2.84. The van der Waals surface area contributed by atoms with Crippen molar-refractivity contribution in [1.82, 2.24) is 9.21 Å². The second kappa shape index (κ2) is 8.84. The van der Waals surface area contributed by atoms with Crippen molar-refractivity contribution >= 4 is 15.9 Å². The first-order valence-corrected chi connectivity index (χ1v) is 10.5. The van der Waals surface area contributed by atoms with Crippen LogP contribution in [0.2, 0.25) is 0 Å². The number of sulfonamides is 1. The van der Waals surface area contributed by atoms with Crippen molar-refractivity contribution in [3.05, 3.63) is 52.6 Å². The Morgan fingerprint density at radius 2 is 1.69 bits per heavy atom. The minimum atomic E-state index is -3.66. The first-order valence-electron chi connectivity index (χ1n) is 9.03. The molecule has 0 N–H and O–H groups in total. The summed E-state index contributed by atoms with van der Waals surface area (Å²) in [5, 5.41) is 0. The van der Waals surface area contributed by atoms with Gasteiger partial charge in [0.15, 0.2) is 11.5 Å². The van der Waals surface area contributed by atoms with Gasteiger partial charge in [0.1, 0.15) is 0 Å². The molecule has 0 bridgehead atoms. The van der Waals surface area contributed by atoms with Crippen LogP contribution in [0.1, 0.15) is 27.0 Å². The van der Waals surface area contributed by atoms with Gasteiger partial charge in [0.2, 0.25) is 10.0 Å². The largest absolute Gasteiger partial charge is 0.493 e. The summed E-state index contributed by atoms with van der Waals surface area (Å²) in [5.74, 6) is 0.857. The van der Waals surface area contributed by atoms with E-state index >= 15 is 0 Å². The van der Waals surface area contributed by atoms with Gasteiger partial charge in [0.05, 0.1) is 19.1 Å². The summed E-state index contributed by atoms with van der Waals surface area (Å²) in [6.07, 6.45) is 0. The van der Waals surface area contributed by atoms with E-state index in [0.717, 1.165) is 15.4 Å². The van der Waals surface area contributed by atoms with Gasteiger partial charge in [-0.05, 0) is 43.2 Å². The maximum absolute atomic E-state index is 13.1. The number of para-hydroxylation sites is 1. The van der Waals surface area contributed by atoms with Crippen molar-refractivity contribution in [2.45, 2.75) is 25.3 Å². The molecule has 0 heterocycles. The fourth-order valence-corrected chi connectivity index (χ4v) is 4.26. The lowest BCUT2D eigenvalue weighted by Gasteiger charge is -2.21. The van der Waals surface area contributed by atoms with E-state index < -0.39 is 10.0 Å². The molecule has 2 aromatic rings. The standard InChI is InChI=1S/C21H28N2O5S/c1-14-11-17(12-19(15(14)2)29(25,26)22(3)4)21(24)23(5)13-16-9-8-10-18(27-6)20(16)28-7/h8-12H,13H2,1-7H3. The Labute approximate surface area is 172 Å². The molecule has 2 aromatic carbocycles. The number of amides is 1. The molecule has 0 atom stereocenters. The van der Waals surface area contributed by atoms with Crippen molar-refractivity contribution in [2.24, 2.45) is 0 Å². The Morgan fingerprint density at radius 1 is 1.03 bits per heavy atom. The topological polar surface area (TPSA) is 76.2 Å². The Bertz CT molecular complexity index is 1020. The number of rotatable bonds is 7. The van der Waals surface area contributed by atoms with E-state index in [1.54, 1.807) is 47.2 Å². The van der Waals surface area contributed by atoms with E-state index in [0.29, 0.717) is 22.6 Å². The number of hydrogen-bond donors (Lipinski definition) is 0. The fraction of sp³-hybridized carbons (Fsp3) is 0.381. The summed E-state index contributed by atoms with van der Waals surface area (Å²) < 4.78 is 37.2. The number of ether oxygens (including phenoxy) is 2. The second-order valence-electron chi connectivity index (χ2n) is 7.02. The van der Waals surface area contributed by atoms with Gasteiger partial charge in [0, 0.05) is 38.8 Å². The summed E-state index contributed by atoms with van der Waals surface area (Å²) in [7, 11) is 4.04. The fourth-order valence-electron chi connectivity index (χ4n) is 3.04. The third-order valence-electron chi connectivity index (χ3n) is 4.86. The van der Waals surface area contributed by atoms with Gasteiger partial charge in [-0.1, -0.05) is 12.1 Å². The number of benzene rings is 2. The first kappa shape index (κ1) is 22.7. The zero-order valence-electron chi connectivity index (χ0n) is 17.9. The molecule has 0 radical (unpaired) electrons. The SMILES string of the molecule is COc1cccc(CN(C)C(=O)c2cc(C)c(C)c(S(=O)(=O)N(C)C)c2)c1OC. The van der Waals surface area contributed by atoms with Crippen molar-refractivity contribution in [2.75, 3.05) is 35.4 Å². The number of nitrogens with zero attached hydrogens (tertiary/aromatic N) is 2. The summed E-state index contributed by atoms with van der Waals surface area (Å²) >= 11 is 0. The highest BCUT2D eigenvalue weighted by Gasteiger charge is 2.24. The average molecular weight is 421 g/mol. The Morgan fingerprint density at radius 3 is 2.24 bits per heavy atom. The molecule has 0 spiro atoms. The molecular weight excluding hydrogens is 392 g/mol. The first-order chi connectivity index (χ1) is 13.5. The third-order valence-corrected chi connectivity index (χ3v) is 6.81. The van der Waals surface area contributed by atoms with Crippen molar-refractivity contribution < 1.29 is 22.7 Å². The highest BCUT2D eigenvalue weighted by Crippen LogP contribution is 2.32. The van der Waals surface area contributed by atoms with Crippen LogP contribution in [0.3, 0.4) is 0 Å². The van der Waals surface area contributed by atoms with Gasteiger partial charge in [-0.3, -0.25) is 4.79 Å². The molecule has 0 aliphatic carbocycles. The zero-order valence-corrected chi connectivity index (χ0v) is 18.8. The number of carbonyl (C=O) groups is 1. The number of hydrogen-bond acceptors (Lipinski definition) is 5. The smallest absolute Gasteiger partial charge is 0.253 e. The molecule has 0 aromatic heterocycles. The minimum Gasteiger partial charge on any atom is -0.493 e. The molecule has 1 amide bonds. The van der Waals surface area contributed by atoms with Crippen LogP contribution in [-0.4, -0.2) is 58.9 Å². The quantitative estimate of drug-likeness (QED) is 0.688. The molecule has 29 heavy (non-hydrogen) atoms. The zero-order chi connectivity index (χ0) is 21.9. The molecular formula is C21H28N2O5S. The molecule has 7 nitrogen and oxygen atoms in total. The van der Waals surface area contributed by atoms with Crippen LogP contribution < -0.4 is 9.47 Å². The lowest BCUT2D eigenvalue weighted by molar-refractivity contribution is 0.0783. The van der Waals surface area contributed by atoms with Crippen LogP contribution in [0.4, 0.5) is 0 Å². The molecule has 0 fully saturated rings. The highest BCUT2D eigenvalue weighted by atomic mass is 32.2. The molecule has 8 heteroatoms. The van der Waals surface area contributed by atoms with Crippen molar-refractivity contribution in [1.29, 1.82) is 0 Å². The van der Waals surface area contributed by atoms with Crippen LogP contribution in [0, 0.1) is 13.8 Å². The Balaban J connectivity index is 2.42. The normalized spacial score (nSPS) is 11.4. The summed E-state index contributed by atoms with van der Waals surface area (Å²) in [5.41, 5.74) is 2.47. The van der Waals surface area contributed by atoms with Crippen LogP contribution in [0.25, 0.3) is 0 Å². The Kier molecular flexibility index (Phi) is 6.92. The number of carbonyl (C=O) groups excluding carboxylic acids is 1. The summed E-state index contributed by atoms with van der Waals surface area (Å²) in [6, 6.07) is 8.62. The molecule has 0 aliphatic rings. The van der Waals surface area contributed by atoms with E-state index in [9.17, 15) is 13.2 Å². The third kappa shape index (κ3) is 4.54. The lowest BCUT2D eigenvalue weighted by atomic mass is 10.0. The summed E-state index contributed by atoms with van der Waals surface area (Å²) in [6.45, 7) is 3.82. The lowest BCUT2D eigenvalue weighted by Crippen LogP contribution is -2.28. The minimum absolute atomic E-state index is 0.137. The van der Waals surface area contributed by atoms with Gasteiger partial charge in [-0.2, -0.15) is 0 Å².